The van der Waals surface area contributed by atoms with Crippen molar-refractivity contribution in [2.45, 2.75) is 25.7 Å². The quantitative estimate of drug-likeness (QED) is 0.337. The van der Waals surface area contributed by atoms with Crippen LogP contribution in [-0.4, -0.2) is 82.0 Å². The average molecular weight is 523 g/mol. The van der Waals surface area contributed by atoms with Crippen molar-refractivity contribution < 1.29 is 39.0 Å². The lowest BCUT2D eigenvalue weighted by atomic mass is 10.2. The van der Waals surface area contributed by atoms with Crippen LogP contribution in [-0.2, 0) is 9.59 Å². The molecule has 6 amide bonds. The summed E-state index contributed by atoms with van der Waals surface area (Å²) in [6.45, 7) is 0.101. The Morgan fingerprint density at radius 2 is 1.03 bits per heavy atom. The van der Waals surface area contributed by atoms with Crippen LogP contribution in [0.3, 0.4) is 0 Å². The van der Waals surface area contributed by atoms with Crippen LogP contribution in [0.2, 0.25) is 0 Å². The van der Waals surface area contributed by atoms with Gasteiger partial charge < -0.3 is 10.2 Å². The molecule has 4 rings (SSSR count). The summed E-state index contributed by atoms with van der Waals surface area (Å²) >= 11 is 0. The number of carbonyl (C=O) groups excluding carboxylic acids is 4. The number of carboxylic acids is 2. The molecule has 0 bridgehead atoms. The number of nitrogens with zero attached hydrogens (tertiary/aromatic N) is 4. The molecule has 2 aromatic carbocycles. The molecule has 0 unspecified atom stereocenters. The van der Waals surface area contributed by atoms with Gasteiger partial charge in [0.05, 0.1) is 11.1 Å². The summed E-state index contributed by atoms with van der Waals surface area (Å²) in [6, 6.07) is 10.7. The molecule has 12 nitrogen and oxygen atoms in total. The van der Waals surface area contributed by atoms with Crippen LogP contribution in [0.15, 0.2) is 48.5 Å². The lowest BCUT2D eigenvalue weighted by Crippen LogP contribution is -2.34. The van der Waals surface area contributed by atoms with E-state index in [1.54, 1.807) is 12.1 Å². The number of carboxylic acid groups (broad SMARTS) is 2. The van der Waals surface area contributed by atoms with Crippen molar-refractivity contribution in [3.8, 4) is 0 Å². The van der Waals surface area contributed by atoms with E-state index in [4.69, 9.17) is 10.2 Å². The smallest absolute Gasteiger partial charge is 0.335 e. The Kier molecular flexibility index (Phi) is 7.70. The van der Waals surface area contributed by atoms with Crippen LogP contribution >= 0.6 is 0 Å². The van der Waals surface area contributed by atoms with Gasteiger partial charge in [-0.15, -0.1) is 0 Å². The fourth-order valence-electron chi connectivity index (χ4n) is 4.43. The van der Waals surface area contributed by atoms with Crippen molar-refractivity contribution >= 4 is 47.2 Å². The van der Waals surface area contributed by atoms with Gasteiger partial charge >= 0.3 is 24.0 Å². The highest BCUT2D eigenvalue weighted by Gasteiger charge is 2.37. The van der Waals surface area contributed by atoms with Gasteiger partial charge in [-0.1, -0.05) is 25.0 Å². The highest BCUT2D eigenvalue weighted by atomic mass is 16.4. The minimum atomic E-state index is -1.13. The summed E-state index contributed by atoms with van der Waals surface area (Å²) in [5, 5.41) is 18.3. The number of amides is 6. The first-order valence-corrected chi connectivity index (χ1v) is 12.1. The van der Waals surface area contributed by atoms with E-state index in [1.807, 2.05) is 0 Å². The maximum Gasteiger partial charge on any atom is 0.335 e. The molecule has 2 N–H and O–H groups in total. The molecule has 0 radical (unpaired) electrons. The maximum atomic E-state index is 12.7. The van der Waals surface area contributed by atoms with Crippen molar-refractivity contribution in [1.82, 2.24) is 9.80 Å². The van der Waals surface area contributed by atoms with Crippen LogP contribution in [0.5, 0.6) is 0 Å². The summed E-state index contributed by atoms with van der Waals surface area (Å²) in [5.41, 5.74) is 0.727. The van der Waals surface area contributed by atoms with Gasteiger partial charge in [0.25, 0.3) is 11.8 Å². The molecule has 0 spiro atoms. The van der Waals surface area contributed by atoms with Gasteiger partial charge in [0.15, 0.2) is 0 Å². The molecule has 12 heteroatoms. The number of aromatic carboxylic acids is 2. The van der Waals surface area contributed by atoms with Crippen molar-refractivity contribution in [2.24, 2.45) is 0 Å². The fourth-order valence-corrected chi connectivity index (χ4v) is 4.43. The molecule has 2 fully saturated rings. The lowest BCUT2D eigenvalue weighted by molar-refractivity contribution is -0.125. The first-order chi connectivity index (χ1) is 18.2. The zero-order valence-electron chi connectivity index (χ0n) is 20.4. The van der Waals surface area contributed by atoms with Gasteiger partial charge in [0.1, 0.15) is 13.1 Å². The standard InChI is InChI=1S/C26H26N4O8/c31-21-15-29(19-9-5-7-17(13-19)23(33)34)25(37)27(21)11-3-1-2-4-12-28-22(32)16-30(26(28)38)20-10-6-8-18(14-20)24(35)36/h5-10,13-14H,1-4,11-12,15-16H2,(H,33,34)(H,35,36). The summed E-state index contributed by atoms with van der Waals surface area (Å²) in [5.74, 6) is -2.98. The molecule has 2 aliphatic heterocycles. The number of anilines is 2. The van der Waals surface area contributed by atoms with Crippen LogP contribution < -0.4 is 9.80 Å². The van der Waals surface area contributed by atoms with Crippen LogP contribution in [0.4, 0.5) is 21.0 Å². The van der Waals surface area contributed by atoms with E-state index < -0.39 is 24.0 Å². The Hall–Kier alpha value is -4.74. The van der Waals surface area contributed by atoms with Gasteiger partial charge in [-0.3, -0.25) is 29.2 Å². The van der Waals surface area contributed by atoms with Crippen molar-refractivity contribution in [2.75, 3.05) is 36.0 Å². The first kappa shape index (κ1) is 26.3. The Labute approximate surface area is 217 Å². The highest BCUT2D eigenvalue weighted by Crippen LogP contribution is 2.24. The van der Waals surface area contributed by atoms with Gasteiger partial charge in [-0.05, 0) is 49.2 Å². The Bertz CT molecular complexity index is 1210. The van der Waals surface area contributed by atoms with Gasteiger partial charge in [0.2, 0.25) is 0 Å². The summed E-state index contributed by atoms with van der Waals surface area (Å²) < 4.78 is 0. The summed E-state index contributed by atoms with van der Waals surface area (Å²) in [7, 11) is 0. The van der Waals surface area contributed by atoms with Crippen LogP contribution in [0.25, 0.3) is 0 Å². The second kappa shape index (κ2) is 11.1. The molecule has 38 heavy (non-hydrogen) atoms. The predicted octanol–water partition coefficient (Wildman–Crippen LogP) is 2.88. The van der Waals surface area contributed by atoms with Crippen molar-refractivity contribution in [1.29, 1.82) is 0 Å². The largest absolute Gasteiger partial charge is 0.478 e. The highest BCUT2D eigenvalue weighted by molar-refractivity contribution is 6.13. The van der Waals surface area contributed by atoms with E-state index in [0.29, 0.717) is 37.1 Å². The second-order valence-electron chi connectivity index (χ2n) is 8.95. The maximum absolute atomic E-state index is 12.7. The molecule has 0 aliphatic carbocycles. The Morgan fingerprint density at radius 3 is 1.39 bits per heavy atom. The van der Waals surface area contributed by atoms with Crippen LogP contribution in [0.1, 0.15) is 46.4 Å². The number of carbonyl (C=O) groups is 6. The number of hydrogen-bond acceptors (Lipinski definition) is 6. The third kappa shape index (κ3) is 5.48. The zero-order valence-corrected chi connectivity index (χ0v) is 20.4. The van der Waals surface area contributed by atoms with E-state index in [-0.39, 0.29) is 49.1 Å². The second-order valence-corrected chi connectivity index (χ2v) is 8.95. The number of rotatable bonds is 11. The lowest BCUT2D eigenvalue weighted by Gasteiger charge is -2.18. The number of benzene rings is 2. The molecular formula is C26H26N4O8. The zero-order chi connectivity index (χ0) is 27.4. The molecule has 2 aliphatic rings. The van der Waals surface area contributed by atoms with E-state index in [0.717, 1.165) is 9.80 Å². The van der Waals surface area contributed by atoms with E-state index in [9.17, 15) is 28.8 Å². The van der Waals surface area contributed by atoms with E-state index in [2.05, 4.69) is 0 Å². The molecular weight excluding hydrogens is 496 g/mol. The molecule has 0 atom stereocenters. The summed E-state index contributed by atoms with van der Waals surface area (Å²) in [6.07, 6.45) is 2.39. The van der Waals surface area contributed by atoms with E-state index in [1.165, 1.54) is 46.2 Å². The Balaban J connectivity index is 1.22. The third-order valence-corrected chi connectivity index (χ3v) is 6.44. The fraction of sp³-hybridized carbons (Fsp3) is 0.308. The minimum absolute atomic E-state index is 0.0214. The Morgan fingerprint density at radius 1 is 0.632 bits per heavy atom. The molecule has 2 heterocycles. The number of urea groups is 2. The van der Waals surface area contributed by atoms with Gasteiger partial charge in [0, 0.05) is 24.5 Å². The van der Waals surface area contributed by atoms with Crippen molar-refractivity contribution in [3.05, 3.63) is 59.7 Å². The topological polar surface area (TPSA) is 156 Å². The predicted molar refractivity (Wildman–Crippen MR) is 134 cm³/mol. The van der Waals surface area contributed by atoms with Gasteiger partial charge in [-0.2, -0.15) is 0 Å². The molecule has 198 valence electrons. The molecule has 0 aromatic heterocycles. The normalized spacial score (nSPS) is 15.7. The number of imide groups is 2. The summed E-state index contributed by atoms with van der Waals surface area (Å²) in [4.78, 5) is 77.4. The molecule has 0 saturated carbocycles. The number of unbranched alkanes of at least 4 members (excludes halogenated alkanes) is 3. The first-order valence-electron chi connectivity index (χ1n) is 12.1. The third-order valence-electron chi connectivity index (χ3n) is 6.44. The van der Waals surface area contributed by atoms with E-state index >= 15 is 0 Å². The van der Waals surface area contributed by atoms with Crippen molar-refractivity contribution in [3.63, 3.8) is 0 Å². The SMILES string of the molecule is O=C(O)c1cccc(N2CC(=O)N(CCCCCCN3C(=O)CN(c4cccc(C(=O)O)c4)C3=O)C2=O)c1. The molecule has 2 aromatic rings. The monoisotopic (exact) mass is 522 g/mol. The molecule has 2 saturated heterocycles. The van der Waals surface area contributed by atoms with Gasteiger partial charge in [-0.25, -0.2) is 19.2 Å². The average Bonchev–Trinajstić information content (AvgIpc) is 3.35. The van der Waals surface area contributed by atoms with Crippen LogP contribution in [0, 0.1) is 0 Å². The minimum Gasteiger partial charge on any atom is -0.478 e. The number of hydrogen-bond donors (Lipinski definition) is 2.